The van der Waals surface area contributed by atoms with Crippen LogP contribution >= 0.6 is 0 Å². The smallest absolute Gasteiger partial charge is 0.271 e. The fraction of sp³-hybridized carbons (Fsp3) is 0. The van der Waals surface area contributed by atoms with Crippen molar-refractivity contribution in [3.63, 3.8) is 0 Å². The van der Waals surface area contributed by atoms with Crippen LogP contribution in [0.4, 0.5) is 5.69 Å². The first-order valence-corrected chi connectivity index (χ1v) is 6.32. The molecule has 0 aliphatic carbocycles. The number of hydrazone groups is 1. The minimum Gasteiger partial charge on any atom is -0.507 e. The van der Waals surface area contributed by atoms with Gasteiger partial charge in [-0.1, -0.05) is 0 Å². The van der Waals surface area contributed by atoms with E-state index in [0.29, 0.717) is 11.1 Å². The minimum atomic E-state index is -0.605. The van der Waals surface area contributed by atoms with Gasteiger partial charge in [0.1, 0.15) is 5.75 Å². The van der Waals surface area contributed by atoms with Crippen LogP contribution in [0, 0.1) is 21.4 Å². The van der Waals surface area contributed by atoms with Gasteiger partial charge in [-0.2, -0.15) is 10.4 Å². The van der Waals surface area contributed by atoms with Crippen LogP contribution < -0.4 is 5.43 Å². The van der Waals surface area contributed by atoms with Crippen molar-refractivity contribution in [1.29, 1.82) is 5.26 Å². The topological polar surface area (TPSA) is 129 Å². The summed E-state index contributed by atoms with van der Waals surface area (Å²) in [6, 6.07) is 11.3. The van der Waals surface area contributed by atoms with Crippen LogP contribution in [-0.4, -0.2) is 22.2 Å². The molecule has 0 aromatic heterocycles. The van der Waals surface area contributed by atoms with Gasteiger partial charge in [-0.25, -0.2) is 5.43 Å². The standard InChI is InChI=1S/C15H10N4O4/c16-8-10-1-3-11(4-2-10)15(21)18-17-9-12-7-13(19(22)23)5-6-14(12)20/h1-7,9,20H,(H,18,21). The molecule has 0 fully saturated rings. The highest BCUT2D eigenvalue weighted by atomic mass is 16.6. The lowest BCUT2D eigenvalue weighted by Crippen LogP contribution is -2.17. The quantitative estimate of drug-likeness (QED) is 0.506. The summed E-state index contributed by atoms with van der Waals surface area (Å²) in [6.07, 6.45) is 1.10. The number of hydrogen-bond donors (Lipinski definition) is 2. The molecule has 0 aliphatic rings. The summed E-state index contributed by atoms with van der Waals surface area (Å²) in [7, 11) is 0. The van der Waals surface area contributed by atoms with Crippen molar-refractivity contribution in [2.45, 2.75) is 0 Å². The SMILES string of the molecule is N#Cc1ccc(C(=O)NN=Cc2cc([N+](=O)[O-])ccc2O)cc1. The van der Waals surface area contributed by atoms with Gasteiger partial charge in [0.05, 0.1) is 22.8 Å². The third-order valence-electron chi connectivity index (χ3n) is 2.87. The number of nitrogens with zero attached hydrogens (tertiary/aromatic N) is 3. The highest BCUT2D eigenvalue weighted by Crippen LogP contribution is 2.21. The van der Waals surface area contributed by atoms with E-state index < -0.39 is 10.8 Å². The maximum Gasteiger partial charge on any atom is 0.271 e. The first kappa shape index (κ1) is 15.7. The Morgan fingerprint density at radius 3 is 2.61 bits per heavy atom. The first-order valence-electron chi connectivity index (χ1n) is 6.32. The molecular formula is C15H10N4O4. The number of non-ortho nitro benzene ring substituents is 1. The van der Waals surface area contributed by atoms with Gasteiger partial charge in [0, 0.05) is 23.3 Å². The number of phenolic OH excluding ortho intramolecular Hbond substituents is 1. The van der Waals surface area contributed by atoms with Crippen LogP contribution in [0.1, 0.15) is 21.5 Å². The number of nitro groups is 1. The van der Waals surface area contributed by atoms with E-state index in [1.165, 1.54) is 30.3 Å². The second-order valence-corrected chi connectivity index (χ2v) is 4.39. The number of carbonyl (C=O) groups is 1. The average Bonchev–Trinajstić information content (AvgIpc) is 2.56. The lowest BCUT2D eigenvalue weighted by Gasteiger charge is -2.01. The zero-order chi connectivity index (χ0) is 16.8. The van der Waals surface area contributed by atoms with Gasteiger partial charge in [-0.05, 0) is 30.3 Å². The number of benzene rings is 2. The number of rotatable bonds is 4. The Hall–Kier alpha value is -3.73. The number of nitrogens with one attached hydrogen (secondary N) is 1. The number of nitro benzene ring substituents is 1. The molecule has 2 aromatic rings. The Balaban J connectivity index is 2.09. The molecule has 2 rings (SSSR count). The molecule has 0 atom stereocenters. The molecule has 0 heterocycles. The summed E-state index contributed by atoms with van der Waals surface area (Å²) in [5.74, 6) is -0.720. The monoisotopic (exact) mass is 310 g/mol. The second kappa shape index (κ2) is 6.82. The molecule has 8 heteroatoms. The summed E-state index contributed by atoms with van der Waals surface area (Å²) in [4.78, 5) is 21.9. The molecule has 2 aromatic carbocycles. The molecule has 0 aliphatic heterocycles. The van der Waals surface area contributed by atoms with Crippen molar-refractivity contribution in [2.75, 3.05) is 0 Å². The van der Waals surface area contributed by atoms with Crippen molar-refractivity contribution in [3.05, 3.63) is 69.3 Å². The van der Waals surface area contributed by atoms with E-state index in [1.807, 2.05) is 6.07 Å². The van der Waals surface area contributed by atoms with Gasteiger partial charge in [0.2, 0.25) is 0 Å². The molecule has 0 radical (unpaired) electrons. The van der Waals surface area contributed by atoms with E-state index in [-0.39, 0.29) is 17.0 Å². The zero-order valence-electron chi connectivity index (χ0n) is 11.6. The van der Waals surface area contributed by atoms with Gasteiger partial charge < -0.3 is 5.11 Å². The molecule has 0 saturated carbocycles. The van der Waals surface area contributed by atoms with Gasteiger partial charge in [0.15, 0.2) is 0 Å². The summed E-state index contributed by atoms with van der Waals surface area (Å²) < 4.78 is 0. The van der Waals surface area contributed by atoms with E-state index in [4.69, 9.17) is 5.26 Å². The Morgan fingerprint density at radius 2 is 2.00 bits per heavy atom. The van der Waals surface area contributed by atoms with Gasteiger partial charge >= 0.3 is 0 Å². The summed E-state index contributed by atoms with van der Waals surface area (Å²) >= 11 is 0. The minimum absolute atomic E-state index is 0.0966. The Labute approximate surface area is 130 Å². The summed E-state index contributed by atoms with van der Waals surface area (Å²) in [5.41, 5.74) is 2.84. The molecule has 2 N–H and O–H groups in total. The fourth-order valence-corrected chi connectivity index (χ4v) is 1.68. The third-order valence-corrected chi connectivity index (χ3v) is 2.87. The van der Waals surface area contributed by atoms with Crippen LogP contribution in [0.5, 0.6) is 5.75 Å². The van der Waals surface area contributed by atoms with Crippen LogP contribution in [0.3, 0.4) is 0 Å². The van der Waals surface area contributed by atoms with Gasteiger partial charge in [-0.15, -0.1) is 0 Å². The molecular weight excluding hydrogens is 300 g/mol. The van der Waals surface area contributed by atoms with Crippen LogP contribution in [-0.2, 0) is 0 Å². The van der Waals surface area contributed by atoms with Crippen molar-refractivity contribution < 1.29 is 14.8 Å². The molecule has 1 amide bonds. The van der Waals surface area contributed by atoms with Crippen molar-refractivity contribution in [2.24, 2.45) is 5.10 Å². The van der Waals surface area contributed by atoms with Crippen LogP contribution in [0.25, 0.3) is 0 Å². The van der Waals surface area contributed by atoms with Crippen molar-refractivity contribution >= 4 is 17.8 Å². The lowest BCUT2D eigenvalue weighted by molar-refractivity contribution is -0.384. The average molecular weight is 310 g/mol. The molecule has 0 bridgehead atoms. The number of phenols is 1. The number of nitriles is 1. The Kier molecular flexibility index (Phi) is 4.64. The predicted molar refractivity (Wildman–Crippen MR) is 81.0 cm³/mol. The van der Waals surface area contributed by atoms with Crippen molar-refractivity contribution in [1.82, 2.24) is 5.43 Å². The fourth-order valence-electron chi connectivity index (χ4n) is 1.68. The molecule has 8 nitrogen and oxygen atoms in total. The van der Waals surface area contributed by atoms with E-state index in [2.05, 4.69) is 10.5 Å². The van der Waals surface area contributed by atoms with E-state index in [0.717, 1.165) is 18.3 Å². The molecule has 0 spiro atoms. The highest BCUT2D eigenvalue weighted by molar-refractivity contribution is 5.95. The first-order chi connectivity index (χ1) is 11.0. The summed E-state index contributed by atoms with van der Waals surface area (Å²) in [6.45, 7) is 0. The Morgan fingerprint density at radius 1 is 1.30 bits per heavy atom. The van der Waals surface area contributed by atoms with Crippen molar-refractivity contribution in [3.8, 4) is 11.8 Å². The third kappa shape index (κ3) is 3.89. The highest BCUT2D eigenvalue weighted by Gasteiger charge is 2.09. The molecule has 23 heavy (non-hydrogen) atoms. The molecule has 0 saturated heterocycles. The maximum absolute atomic E-state index is 11.8. The zero-order valence-corrected chi connectivity index (χ0v) is 11.6. The predicted octanol–water partition coefficient (Wildman–Crippen LogP) is 1.94. The molecule has 0 unspecified atom stereocenters. The van der Waals surface area contributed by atoms with Gasteiger partial charge in [-0.3, -0.25) is 14.9 Å². The van der Waals surface area contributed by atoms with Crippen LogP contribution in [0.2, 0.25) is 0 Å². The normalized spacial score (nSPS) is 10.2. The lowest BCUT2D eigenvalue weighted by atomic mass is 10.1. The number of hydrogen-bond acceptors (Lipinski definition) is 6. The largest absolute Gasteiger partial charge is 0.507 e. The van der Waals surface area contributed by atoms with Crippen LogP contribution in [0.15, 0.2) is 47.6 Å². The Bertz CT molecular complexity index is 822. The summed E-state index contributed by atoms with van der Waals surface area (Å²) in [5, 5.41) is 32.6. The number of aromatic hydroxyl groups is 1. The second-order valence-electron chi connectivity index (χ2n) is 4.39. The number of amides is 1. The number of carbonyl (C=O) groups excluding carboxylic acids is 1. The van der Waals surface area contributed by atoms with E-state index in [9.17, 15) is 20.0 Å². The molecule has 114 valence electrons. The van der Waals surface area contributed by atoms with E-state index in [1.54, 1.807) is 0 Å². The van der Waals surface area contributed by atoms with E-state index >= 15 is 0 Å². The maximum atomic E-state index is 11.8. The van der Waals surface area contributed by atoms with Gasteiger partial charge in [0.25, 0.3) is 11.6 Å².